The van der Waals surface area contributed by atoms with Crippen LogP contribution in [0.15, 0.2) is 72.8 Å². The van der Waals surface area contributed by atoms with E-state index in [0.717, 1.165) is 48.1 Å². The number of rotatable bonds is 8. The molecule has 4 rings (SSSR count). The molecule has 0 radical (unpaired) electrons. The highest BCUT2D eigenvalue weighted by Gasteiger charge is 2.27. The number of halogens is 1. The highest BCUT2D eigenvalue weighted by Crippen LogP contribution is 2.29. The van der Waals surface area contributed by atoms with Crippen molar-refractivity contribution in [2.45, 2.75) is 26.0 Å². The molecule has 0 amide bonds. The summed E-state index contributed by atoms with van der Waals surface area (Å²) in [5, 5.41) is 11.3. The minimum atomic E-state index is -0.535. The molecule has 1 aliphatic heterocycles. The van der Waals surface area contributed by atoms with Gasteiger partial charge in [0.1, 0.15) is 18.5 Å². The first-order valence-electron chi connectivity index (χ1n) is 11.6. The molecule has 1 N–H and O–H groups in total. The van der Waals surface area contributed by atoms with Crippen molar-refractivity contribution in [3.05, 3.63) is 100 Å². The Kier molecular flexibility index (Phi) is 8.05. The number of benzene rings is 3. The van der Waals surface area contributed by atoms with Gasteiger partial charge in [0.2, 0.25) is 0 Å². The lowest BCUT2D eigenvalue weighted by molar-refractivity contribution is 0.0400. The second-order valence-electron chi connectivity index (χ2n) is 8.90. The standard InChI is InChI=1S/C28H33ClN2O2/c1-21-17-26(18-22(2)27(21)29)33-20-25(32)19-30-13-15-31(16-14-30)28(23-9-5-3-6-10-23)24-11-7-4-8-12-24/h3-12,17-18,25,28,32H,13-16,19-20H2,1-2H3. The maximum Gasteiger partial charge on any atom is 0.120 e. The summed E-state index contributed by atoms with van der Waals surface area (Å²) in [5.41, 5.74) is 4.62. The molecule has 1 heterocycles. The molecule has 1 atom stereocenters. The smallest absolute Gasteiger partial charge is 0.120 e. The Labute approximate surface area is 202 Å². The molecule has 1 fully saturated rings. The minimum Gasteiger partial charge on any atom is -0.491 e. The lowest BCUT2D eigenvalue weighted by atomic mass is 9.96. The van der Waals surface area contributed by atoms with Crippen molar-refractivity contribution in [3.8, 4) is 5.75 Å². The second-order valence-corrected chi connectivity index (χ2v) is 9.27. The van der Waals surface area contributed by atoms with Crippen molar-refractivity contribution in [2.75, 3.05) is 39.3 Å². The molecular weight excluding hydrogens is 432 g/mol. The Hall–Kier alpha value is -2.37. The third-order valence-corrected chi connectivity index (χ3v) is 6.92. The van der Waals surface area contributed by atoms with Gasteiger partial charge in [-0.25, -0.2) is 0 Å². The number of β-amino-alcohol motifs (C(OH)–C–C–N with tert-alkyl or cyclic N) is 1. The molecule has 0 aromatic heterocycles. The Morgan fingerprint density at radius 1 is 0.848 bits per heavy atom. The average molecular weight is 465 g/mol. The molecule has 1 aliphatic rings. The summed E-state index contributed by atoms with van der Waals surface area (Å²) in [6, 6.07) is 25.5. The van der Waals surface area contributed by atoms with E-state index in [1.165, 1.54) is 11.1 Å². The molecule has 0 aliphatic carbocycles. The first-order valence-corrected chi connectivity index (χ1v) is 12.0. The molecule has 33 heavy (non-hydrogen) atoms. The van der Waals surface area contributed by atoms with E-state index in [1.807, 2.05) is 26.0 Å². The van der Waals surface area contributed by atoms with Gasteiger partial charge in [-0.3, -0.25) is 9.80 Å². The van der Waals surface area contributed by atoms with Crippen molar-refractivity contribution >= 4 is 11.6 Å². The van der Waals surface area contributed by atoms with Crippen molar-refractivity contribution in [2.24, 2.45) is 0 Å². The van der Waals surface area contributed by atoms with Gasteiger partial charge in [-0.05, 0) is 48.2 Å². The predicted octanol–water partition coefficient (Wildman–Crippen LogP) is 5.10. The number of aryl methyl sites for hydroxylation is 2. The normalized spacial score (nSPS) is 16.2. The fourth-order valence-electron chi connectivity index (χ4n) is 4.62. The first-order chi connectivity index (χ1) is 16.0. The zero-order valence-electron chi connectivity index (χ0n) is 19.5. The van der Waals surface area contributed by atoms with Gasteiger partial charge in [0, 0.05) is 37.7 Å². The summed E-state index contributed by atoms with van der Waals surface area (Å²) >= 11 is 6.24. The van der Waals surface area contributed by atoms with Crippen LogP contribution < -0.4 is 4.74 Å². The van der Waals surface area contributed by atoms with Gasteiger partial charge < -0.3 is 9.84 Å². The fraction of sp³-hybridized carbons (Fsp3) is 0.357. The molecule has 3 aromatic carbocycles. The molecule has 4 nitrogen and oxygen atoms in total. The number of nitrogens with zero attached hydrogens (tertiary/aromatic N) is 2. The zero-order valence-corrected chi connectivity index (χ0v) is 20.2. The second kappa shape index (κ2) is 11.2. The van der Waals surface area contributed by atoms with Crippen LogP contribution in [0.4, 0.5) is 0 Å². The number of ether oxygens (including phenoxy) is 1. The number of aliphatic hydroxyl groups excluding tert-OH is 1. The third kappa shape index (κ3) is 6.15. The summed E-state index contributed by atoms with van der Waals surface area (Å²) in [7, 11) is 0. The fourth-order valence-corrected chi connectivity index (χ4v) is 4.73. The Bertz CT molecular complexity index is 958. The zero-order chi connectivity index (χ0) is 23.2. The van der Waals surface area contributed by atoms with E-state index in [-0.39, 0.29) is 12.6 Å². The lowest BCUT2D eigenvalue weighted by Gasteiger charge is -2.40. The SMILES string of the molecule is Cc1cc(OCC(O)CN2CCN(C(c3ccccc3)c3ccccc3)CC2)cc(C)c1Cl. The number of hydrogen-bond acceptors (Lipinski definition) is 4. The van der Waals surface area contributed by atoms with Crippen molar-refractivity contribution in [3.63, 3.8) is 0 Å². The molecule has 5 heteroatoms. The number of aliphatic hydroxyl groups is 1. The van der Waals surface area contributed by atoms with E-state index in [1.54, 1.807) is 0 Å². The largest absolute Gasteiger partial charge is 0.491 e. The minimum absolute atomic E-state index is 0.249. The first kappa shape index (κ1) is 23.8. The van der Waals surface area contributed by atoms with Gasteiger partial charge in [-0.1, -0.05) is 72.3 Å². The van der Waals surface area contributed by atoms with Crippen LogP contribution in [0, 0.1) is 13.8 Å². The maximum absolute atomic E-state index is 10.6. The van der Waals surface area contributed by atoms with E-state index in [0.29, 0.717) is 6.54 Å². The average Bonchev–Trinajstić information content (AvgIpc) is 2.84. The van der Waals surface area contributed by atoms with Crippen molar-refractivity contribution in [1.82, 2.24) is 9.80 Å². The van der Waals surface area contributed by atoms with Crippen molar-refractivity contribution in [1.29, 1.82) is 0 Å². The topological polar surface area (TPSA) is 35.9 Å². The lowest BCUT2D eigenvalue weighted by Crippen LogP contribution is -2.50. The Morgan fingerprint density at radius 3 is 1.88 bits per heavy atom. The van der Waals surface area contributed by atoms with Crippen LogP contribution >= 0.6 is 11.6 Å². The van der Waals surface area contributed by atoms with Crippen LogP contribution in [0.2, 0.25) is 5.02 Å². The van der Waals surface area contributed by atoms with Gasteiger partial charge in [-0.15, -0.1) is 0 Å². The van der Waals surface area contributed by atoms with Gasteiger partial charge in [-0.2, -0.15) is 0 Å². The van der Waals surface area contributed by atoms with E-state index in [9.17, 15) is 5.11 Å². The summed E-state index contributed by atoms with van der Waals surface area (Å²) in [5.74, 6) is 0.756. The van der Waals surface area contributed by atoms with E-state index in [4.69, 9.17) is 16.3 Å². The predicted molar refractivity (Wildman–Crippen MR) is 135 cm³/mol. The Morgan fingerprint density at radius 2 is 1.36 bits per heavy atom. The molecule has 0 saturated carbocycles. The summed E-state index contributed by atoms with van der Waals surface area (Å²) in [6.45, 7) is 8.58. The molecule has 1 saturated heterocycles. The summed E-state index contributed by atoms with van der Waals surface area (Å²) < 4.78 is 5.86. The van der Waals surface area contributed by atoms with Gasteiger partial charge in [0.15, 0.2) is 0 Å². The van der Waals surface area contributed by atoms with Crippen LogP contribution in [-0.4, -0.2) is 60.3 Å². The molecule has 174 valence electrons. The van der Waals surface area contributed by atoms with Gasteiger partial charge >= 0.3 is 0 Å². The molecule has 0 bridgehead atoms. The molecule has 3 aromatic rings. The molecule has 0 spiro atoms. The monoisotopic (exact) mass is 464 g/mol. The molecular formula is C28H33ClN2O2. The highest BCUT2D eigenvalue weighted by molar-refractivity contribution is 6.32. The van der Waals surface area contributed by atoms with Gasteiger partial charge in [0.05, 0.1) is 6.04 Å². The number of hydrogen-bond donors (Lipinski definition) is 1. The van der Waals surface area contributed by atoms with E-state index in [2.05, 4.69) is 70.5 Å². The number of piperazine rings is 1. The summed E-state index contributed by atoms with van der Waals surface area (Å²) in [4.78, 5) is 4.87. The van der Waals surface area contributed by atoms with Crippen LogP contribution in [0.3, 0.4) is 0 Å². The highest BCUT2D eigenvalue weighted by atomic mass is 35.5. The third-order valence-electron chi connectivity index (χ3n) is 6.32. The van der Waals surface area contributed by atoms with E-state index >= 15 is 0 Å². The van der Waals surface area contributed by atoms with Crippen LogP contribution in [0.25, 0.3) is 0 Å². The quantitative estimate of drug-likeness (QED) is 0.503. The van der Waals surface area contributed by atoms with Crippen LogP contribution in [0.1, 0.15) is 28.3 Å². The van der Waals surface area contributed by atoms with Crippen LogP contribution in [-0.2, 0) is 0 Å². The van der Waals surface area contributed by atoms with Crippen molar-refractivity contribution < 1.29 is 9.84 Å². The summed E-state index contributed by atoms with van der Waals surface area (Å²) in [6.07, 6.45) is -0.535. The maximum atomic E-state index is 10.6. The van der Waals surface area contributed by atoms with Gasteiger partial charge in [0.25, 0.3) is 0 Å². The molecule has 1 unspecified atom stereocenters. The van der Waals surface area contributed by atoms with Crippen LogP contribution in [0.5, 0.6) is 5.75 Å². The Balaban J connectivity index is 1.32. The van der Waals surface area contributed by atoms with E-state index < -0.39 is 6.10 Å².